The molecule has 2 aromatic heterocycles. The van der Waals surface area contributed by atoms with Gasteiger partial charge in [0.2, 0.25) is 0 Å². The molecule has 2 heterocycles. The molecule has 0 saturated heterocycles. The number of aromatic nitrogens is 4. The SMILES string of the molecule is CSc1nnc2nc3c(c(-c4ccc(C#N)cc4)n12)C(=O)c1ccccc1-3. The molecule has 0 atom stereocenters. The van der Waals surface area contributed by atoms with E-state index in [0.717, 1.165) is 11.1 Å². The zero-order valence-corrected chi connectivity index (χ0v) is 15.0. The molecular formula is C20H11N5OS. The number of hydrogen-bond acceptors (Lipinski definition) is 6. The van der Waals surface area contributed by atoms with E-state index in [4.69, 9.17) is 5.26 Å². The summed E-state index contributed by atoms with van der Waals surface area (Å²) in [5.41, 5.74) is 4.70. The number of hydrogen-bond donors (Lipinski definition) is 0. The third-order valence-electron chi connectivity index (χ3n) is 4.65. The van der Waals surface area contributed by atoms with Crippen LogP contribution in [0.3, 0.4) is 0 Å². The highest BCUT2D eigenvalue weighted by Crippen LogP contribution is 2.41. The average Bonchev–Trinajstić information content (AvgIpc) is 3.26. The van der Waals surface area contributed by atoms with Crippen LogP contribution in [0.4, 0.5) is 0 Å². The van der Waals surface area contributed by atoms with E-state index in [0.29, 0.717) is 39.0 Å². The van der Waals surface area contributed by atoms with Crippen molar-refractivity contribution >= 4 is 23.3 Å². The molecule has 0 spiro atoms. The molecule has 2 aromatic carbocycles. The summed E-state index contributed by atoms with van der Waals surface area (Å²) in [6.07, 6.45) is 1.91. The van der Waals surface area contributed by atoms with Crippen molar-refractivity contribution < 1.29 is 4.79 Å². The molecule has 1 aliphatic rings. The Balaban J connectivity index is 1.92. The van der Waals surface area contributed by atoms with Gasteiger partial charge in [0, 0.05) is 11.1 Å². The molecule has 0 fully saturated rings. The predicted molar refractivity (Wildman–Crippen MR) is 102 cm³/mol. The Hall–Kier alpha value is -3.50. The summed E-state index contributed by atoms with van der Waals surface area (Å²) in [4.78, 5) is 17.9. The fourth-order valence-corrected chi connectivity index (χ4v) is 3.93. The highest BCUT2D eigenvalue weighted by atomic mass is 32.2. The van der Waals surface area contributed by atoms with E-state index in [9.17, 15) is 4.79 Å². The maximum atomic E-state index is 13.2. The van der Waals surface area contributed by atoms with Gasteiger partial charge in [-0.05, 0) is 24.0 Å². The molecule has 7 heteroatoms. The summed E-state index contributed by atoms with van der Waals surface area (Å²) in [5, 5.41) is 18.2. The molecule has 5 rings (SSSR count). The van der Waals surface area contributed by atoms with Crippen molar-refractivity contribution in [2.45, 2.75) is 5.16 Å². The van der Waals surface area contributed by atoms with Gasteiger partial charge in [0.25, 0.3) is 5.78 Å². The number of nitriles is 1. The van der Waals surface area contributed by atoms with Crippen molar-refractivity contribution in [2.75, 3.05) is 6.26 Å². The van der Waals surface area contributed by atoms with Gasteiger partial charge < -0.3 is 0 Å². The number of benzene rings is 2. The summed E-state index contributed by atoms with van der Waals surface area (Å²) in [6, 6.07) is 16.7. The van der Waals surface area contributed by atoms with Crippen LogP contribution in [0.25, 0.3) is 28.3 Å². The maximum absolute atomic E-state index is 13.2. The lowest BCUT2D eigenvalue weighted by Gasteiger charge is -2.12. The lowest BCUT2D eigenvalue weighted by atomic mass is 10.0. The lowest BCUT2D eigenvalue weighted by molar-refractivity contribution is 0.104. The Labute approximate surface area is 158 Å². The quantitative estimate of drug-likeness (QED) is 0.442. The standard InChI is InChI=1S/C20H11N5OS/c1-27-20-24-23-19-22-16-13-4-2-3-5-14(13)18(26)15(16)17(25(19)20)12-8-6-11(10-21)7-9-12/h2-9H,1H3. The summed E-state index contributed by atoms with van der Waals surface area (Å²) >= 11 is 1.44. The van der Waals surface area contributed by atoms with E-state index in [1.807, 2.05) is 47.1 Å². The van der Waals surface area contributed by atoms with Crippen molar-refractivity contribution in [1.29, 1.82) is 5.26 Å². The number of thioether (sulfide) groups is 1. The molecular weight excluding hydrogens is 358 g/mol. The first-order chi connectivity index (χ1) is 13.2. The molecule has 128 valence electrons. The van der Waals surface area contributed by atoms with Crippen LogP contribution in [0.15, 0.2) is 53.7 Å². The summed E-state index contributed by atoms with van der Waals surface area (Å²) < 4.78 is 1.81. The van der Waals surface area contributed by atoms with Crippen LogP contribution < -0.4 is 0 Å². The number of carbonyl (C=O) groups is 1. The second-order valence-corrected chi connectivity index (χ2v) is 6.84. The Kier molecular flexibility index (Phi) is 3.35. The van der Waals surface area contributed by atoms with Gasteiger partial charge >= 0.3 is 0 Å². The molecule has 0 radical (unpaired) electrons. The molecule has 0 aliphatic heterocycles. The van der Waals surface area contributed by atoms with Crippen molar-refractivity contribution in [1.82, 2.24) is 19.6 Å². The van der Waals surface area contributed by atoms with E-state index in [2.05, 4.69) is 21.3 Å². The van der Waals surface area contributed by atoms with E-state index < -0.39 is 0 Å². The minimum atomic E-state index is -0.0601. The Morgan fingerprint density at radius 2 is 1.78 bits per heavy atom. The van der Waals surface area contributed by atoms with Gasteiger partial charge in [-0.1, -0.05) is 48.2 Å². The number of carbonyl (C=O) groups excluding carboxylic acids is 1. The largest absolute Gasteiger partial charge is 0.288 e. The molecule has 0 unspecified atom stereocenters. The minimum Gasteiger partial charge on any atom is -0.288 e. The minimum absolute atomic E-state index is 0.0601. The van der Waals surface area contributed by atoms with Gasteiger partial charge in [0.05, 0.1) is 28.6 Å². The van der Waals surface area contributed by atoms with Crippen LogP contribution in [0.2, 0.25) is 0 Å². The molecule has 6 nitrogen and oxygen atoms in total. The van der Waals surface area contributed by atoms with Gasteiger partial charge in [-0.2, -0.15) is 5.26 Å². The number of nitrogens with zero attached hydrogens (tertiary/aromatic N) is 5. The number of rotatable bonds is 2. The van der Waals surface area contributed by atoms with Crippen LogP contribution in [-0.2, 0) is 0 Å². The molecule has 0 amide bonds. The van der Waals surface area contributed by atoms with E-state index in [-0.39, 0.29) is 5.78 Å². The van der Waals surface area contributed by atoms with E-state index in [1.54, 1.807) is 12.1 Å². The van der Waals surface area contributed by atoms with Crippen molar-refractivity contribution in [3.05, 3.63) is 65.2 Å². The molecule has 27 heavy (non-hydrogen) atoms. The normalized spacial score (nSPS) is 12.1. The van der Waals surface area contributed by atoms with E-state index in [1.165, 1.54) is 11.8 Å². The molecule has 0 bridgehead atoms. The molecule has 1 aliphatic carbocycles. The third-order valence-corrected chi connectivity index (χ3v) is 5.28. The van der Waals surface area contributed by atoms with Gasteiger partial charge in [-0.25, -0.2) is 4.98 Å². The molecule has 4 aromatic rings. The topological polar surface area (TPSA) is 83.9 Å². The maximum Gasteiger partial charge on any atom is 0.256 e. The van der Waals surface area contributed by atoms with Gasteiger partial charge in [-0.3, -0.25) is 9.20 Å². The van der Waals surface area contributed by atoms with Crippen LogP contribution in [-0.4, -0.2) is 31.6 Å². The first kappa shape index (κ1) is 15.7. The highest BCUT2D eigenvalue weighted by molar-refractivity contribution is 7.98. The smallest absolute Gasteiger partial charge is 0.256 e. The van der Waals surface area contributed by atoms with Crippen LogP contribution in [0.1, 0.15) is 21.5 Å². The number of fused-ring (bicyclic) bond motifs is 4. The zero-order chi connectivity index (χ0) is 18.5. The third kappa shape index (κ3) is 2.14. The Bertz CT molecular complexity index is 1280. The van der Waals surface area contributed by atoms with Crippen LogP contribution >= 0.6 is 11.8 Å². The monoisotopic (exact) mass is 369 g/mol. The van der Waals surface area contributed by atoms with Crippen LogP contribution in [0, 0.1) is 11.3 Å². The zero-order valence-electron chi connectivity index (χ0n) is 14.2. The van der Waals surface area contributed by atoms with Gasteiger partial charge in [-0.15, -0.1) is 10.2 Å². The highest BCUT2D eigenvalue weighted by Gasteiger charge is 2.33. The van der Waals surface area contributed by atoms with Crippen molar-refractivity contribution in [3.8, 4) is 28.6 Å². The van der Waals surface area contributed by atoms with Crippen LogP contribution in [0.5, 0.6) is 0 Å². The van der Waals surface area contributed by atoms with Crippen molar-refractivity contribution in [3.63, 3.8) is 0 Å². The molecule has 0 saturated carbocycles. The van der Waals surface area contributed by atoms with Crippen molar-refractivity contribution in [2.24, 2.45) is 0 Å². The lowest BCUT2D eigenvalue weighted by Crippen LogP contribution is -2.06. The average molecular weight is 369 g/mol. The Morgan fingerprint density at radius 1 is 1.04 bits per heavy atom. The second-order valence-electron chi connectivity index (χ2n) is 6.07. The van der Waals surface area contributed by atoms with Gasteiger partial charge in [0.15, 0.2) is 10.9 Å². The second kappa shape index (κ2) is 5.76. The summed E-state index contributed by atoms with van der Waals surface area (Å²) in [5.74, 6) is 0.386. The first-order valence-corrected chi connectivity index (χ1v) is 9.43. The molecule has 0 N–H and O–H groups in total. The summed E-state index contributed by atoms with van der Waals surface area (Å²) in [6.45, 7) is 0. The van der Waals surface area contributed by atoms with E-state index >= 15 is 0 Å². The fourth-order valence-electron chi connectivity index (χ4n) is 3.45. The first-order valence-electron chi connectivity index (χ1n) is 8.20. The predicted octanol–water partition coefficient (Wildman–Crippen LogP) is 3.60. The summed E-state index contributed by atoms with van der Waals surface area (Å²) in [7, 11) is 0. The fraction of sp³-hybridized carbons (Fsp3) is 0.0500. The Morgan fingerprint density at radius 3 is 2.48 bits per heavy atom. The van der Waals surface area contributed by atoms with Gasteiger partial charge in [0.1, 0.15) is 0 Å². The number of ketones is 1.